The maximum atomic E-state index is 14.6. The van der Waals surface area contributed by atoms with E-state index in [0.717, 1.165) is 23.8 Å². The molecule has 0 radical (unpaired) electrons. The standard InChI is InChI=1S/C25H32F2/c1-3-4-6-19-9-12-21(13-10-19)18(2)15-20-11-14-24(25(27)16-20)22-7-5-8-23(26)17-22/h5,7-8,11,14,16-19,21H,3-4,6,9-10,12-13,15H2,1-2H3. The van der Waals surface area contributed by atoms with E-state index >= 15 is 0 Å². The Balaban J connectivity index is 1.59. The van der Waals surface area contributed by atoms with Crippen molar-refractivity contribution >= 4 is 0 Å². The van der Waals surface area contributed by atoms with E-state index in [-0.39, 0.29) is 11.6 Å². The average Bonchev–Trinajstić information content (AvgIpc) is 2.67. The summed E-state index contributed by atoms with van der Waals surface area (Å²) in [5.41, 5.74) is 2.12. The van der Waals surface area contributed by atoms with Crippen LogP contribution in [0.2, 0.25) is 0 Å². The highest BCUT2D eigenvalue weighted by Gasteiger charge is 2.25. The molecular formula is C25H32F2. The Hall–Kier alpha value is -1.70. The van der Waals surface area contributed by atoms with Crippen molar-refractivity contribution in [3.8, 4) is 11.1 Å². The summed E-state index contributed by atoms with van der Waals surface area (Å²) in [6.45, 7) is 4.59. The molecule has 3 rings (SSSR count). The van der Waals surface area contributed by atoms with Crippen LogP contribution in [0.4, 0.5) is 8.78 Å². The number of unbranched alkanes of at least 4 members (excludes halogenated alkanes) is 1. The predicted octanol–water partition coefficient (Wildman–Crippen LogP) is 7.81. The van der Waals surface area contributed by atoms with Crippen molar-refractivity contribution in [2.75, 3.05) is 0 Å². The minimum atomic E-state index is -0.334. The molecule has 0 aromatic heterocycles. The molecule has 146 valence electrons. The van der Waals surface area contributed by atoms with Crippen LogP contribution in [0.3, 0.4) is 0 Å². The molecule has 0 saturated heterocycles. The highest BCUT2D eigenvalue weighted by Crippen LogP contribution is 2.37. The van der Waals surface area contributed by atoms with Gasteiger partial charge in [-0.15, -0.1) is 0 Å². The number of rotatable bonds is 7. The van der Waals surface area contributed by atoms with Gasteiger partial charge in [-0.25, -0.2) is 8.78 Å². The smallest absolute Gasteiger partial charge is 0.131 e. The Labute approximate surface area is 163 Å². The first kappa shape index (κ1) is 20.0. The van der Waals surface area contributed by atoms with Gasteiger partial charge in [0.1, 0.15) is 11.6 Å². The maximum absolute atomic E-state index is 14.6. The van der Waals surface area contributed by atoms with E-state index in [1.54, 1.807) is 24.3 Å². The summed E-state index contributed by atoms with van der Waals surface area (Å²) in [6.07, 6.45) is 10.3. The van der Waals surface area contributed by atoms with Crippen LogP contribution in [0.25, 0.3) is 11.1 Å². The number of halogens is 2. The molecule has 1 fully saturated rings. The van der Waals surface area contributed by atoms with Gasteiger partial charge in [-0.1, -0.05) is 70.2 Å². The molecule has 1 aliphatic carbocycles. The van der Waals surface area contributed by atoms with Crippen LogP contribution in [0.1, 0.15) is 64.4 Å². The highest BCUT2D eigenvalue weighted by atomic mass is 19.1. The van der Waals surface area contributed by atoms with Gasteiger partial charge < -0.3 is 0 Å². The summed E-state index contributed by atoms with van der Waals surface area (Å²) in [4.78, 5) is 0. The Morgan fingerprint density at radius 2 is 1.78 bits per heavy atom. The Bertz CT molecular complexity index is 729. The minimum Gasteiger partial charge on any atom is -0.207 e. The van der Waals surface area contributed by atoms with Crippen molar-refractivity contribution < 1.29 is 8.78 Å². The molecule has 1 saturated carbocycles. The lowest BCUT2D eigenvalue weighted by atomic mass is 9.73. The summed E-state index contributed by atoms with van der Waals surface area (Å²) in [5, 5.41) is 0. The third-order valence-corrected chi connectivity index (χ3v) is 6.39. The van der Waals surface area contributed by atoms with Gasteiger partial charge in [0.15, 0.2) is 0 Å². The van der Waals surface area contributed by atoms with Gasteiger partial charge in [0.05, 0.1) is 0 Å². The first-order valence-electron chi connectivity index (χ1n) is 10.6. The van der Waals surface area contributed by atoms with Crippen LogP contribution < -0.4 is 0 Å². The van der Waals surface area contributed by atoms with Crippen LogP contribution in [0.5, 0.6) is 0 Å². The zero-order valence-electron chi connectivity index (χ0n) is 16.7. The van der Waals surface area contributed by atoms with E-state index in [9.17, 15) is 8.78 Å². The van der Waals surface area contributed by atoms with Crippen LogP contribution in [-0.4, -0.2) is 0 Å². The molecule has 1 atom stereocenters. The predicted molar refractivity (Wildman–Crippen MR) is 110 cm³/mol. The fourth-order valence-electron chi connectivity index (χ4n) is 4.65. The first-order valence-corrected chi connectivity index (χ1v) is 10.6. The quantitative estimate of drug-likeness (QED) is 0.466. The summed E-state index contributed by atoms with van der Waals surface area (Å²) < 4.78 is 28.0. The van der Waals surface area contributed by atoms with Gasteiger partial charge in [0.25, 0.3) is 0 Å². The number of hydrogen-bond donors (Lipinski definition) is 0. The van der Waals surface area contributed by atoms with Gasteiger partial charge in [-0.05, 0) is 66.3 Å². The second-order valence-electron chi connectivity index (χ2n) is 8.43. The molecule has 2 aromatic carbocycles. The third kappa shape index (κ3) is 5.40. The average molecular weight is 371 g/mol. The molecule has 0 N–H and O–H groups in total. The Kier molecular flexibility index (Phi) is 7.04. The maximum Gasteiger partial charge on any atom is 0.131 e. The lowest BCUT2D eigenvalue weighted by molar-refractivity contribution is 0.204. The lowest BCUT2D eigenvalue weighted by Crippen LogP contribution is -2.21. The molecule has 0 nitrogen and oxygen atoms in total. The minimum absolute atomic E-state index is 0.256. The van der Waals surface area contributed by atoms with Crippen molar-refractivity contribution in [3.05, 3.63) is 59.7 Å². The molecule has 1 unspecified atom stereocenters. The van der Waals surface area contributed by atoms with Crippen molar-refractivity contribution in [1.82, 2.24) is 0 Å². The molecule has 2 aromatic rings. The summed E-state index contributed by atoms with van der Waals surface area (Å²) >= 11 is 0. The second-order valence-corrected chi connectivity index (χ2v) is 8.43. The van der Waals surface area contributed by atoms with Crippen molar-refractivity contribution in [3.63, 3.8) is 0 Å². The van der Waals surface area contributed by atoms with Crippen LogP contribution >= 0.6 is 0 Å². The normalized spacial score (nSPS) is 21.2. The van der Waals surface area contributed by atoms with Gasteiger partial charge in [0, 0.05) is 5.56 Å². The number of benzene rings is 2. The van der Waals surface area contributed by atoms with E-state index in [1.165, 1.54) is 57.1 Å². The molecule has 0 bridgehead atoms. The third-order valence-electron chi connectivity index (χ3n) is 6.39. The van der Waals surface area contributed by atoms with E-state index in [0.29, 0.717) is 17.0 Å². The Morgan fingerprint density at radius 1 is 1.00 bits per heavy atom. The molecule has 2 heteroatoms. The molecule has 27 heavy (non-hydrogen) atoms. The van der Waals surface area contributed by atoms with Gasteiger partial charge >= 0.3 is 0 Å². The van der Waals surface area contributed by atoms with Gasteiger partial charge in [-0.2, -0.15) is 0 Å². The lowest BCUT2D eigenvalue weighted by Gasteiger charge is -2.32. The zero-order valence-corrected chi connectivity index (χ0v) is 16.7. The van der Waals surface area contributed by atoms with Gasteiger partial charge in [0.2, 0.25) is 0 Å². The molecule has 0 aliphatic heterocycles. The fourth-order valence-corrected chi connectivity index (χ4v) is 4.65. The van der Waals surface area contributed by atoms with E-state index in [2.05, 4.69) is 13.8 Å². The highest BCUT2D eigenvalue weighted by molar-refractivity contribution is 5.64. The molecule has 1 aliphatic rings. The van der Waals surface area contributed by atoms with Crippen LogP contribution in [0, 0.1) is 29.4 Å². The van der Waals surface area contributed by atoms with E-state index in [1.807, 2.05) is 6.07 Å². The van der Waals surface area contributed by atoms with Crippen LogP contribution in [-0.2, 0) is 6.42 Å². The van der Waals surface area contributed by atoms with Crippen molar-refractivity contribution in [2.45, 2.75) is 65.2 Å². The van der Waals surface area contributed by atoms with E-state index in [4.69, 9.17) is 0 Å². The largest absolute Gasteiger partial charge is 0.207 e. The summed E-state index contributed by atoms with van der Waals surface area (Å²) in [6, 6.07) is 11.6. The molecule has 0 heterocycles. The second kappa shape index (κ2) is 9.48. The fraction of sp³-hybridized carbons (Fsp3) is 0.520. The monoisotopic (exact) mass is 370 g/mol. The molecule has 0 amide bonds. The number of hydrogen-bond acceptors (Lipinski definition) is 0. The van der Waals surface area contributed by atoms with Gasteiger partial charge in [-0.3, -0.25) is 0 Å². The van der Waals surface area contributed by atoms with Crippen molar-refractivity contribution in [1.29, 1.82) is 0 Å². The summed E-state index contributed by atoms with van der Waals surface area (Å²) in [5.74, 6) is 1.68. The SMILES string of the molecule is CCCCC1CCC(C(C)Cc2ccc(-c3cccc(F)c3)c(F)c2)CC1. The summed E-state index contributed by atoms with van der Waals surface area (Å²) in [7, 11) is 0. The Morgan fingerprint density at radius 3 is 2.44 bits per heavy atom. The zero-order chi connectivity index (χ0) is 19.2. The first-order chi connectivity index (χ1) is 13.1. The van der Waals surface area contributed by atoms with Crippen LogP contribution in [0.15, 0.2) is 42.5 Å². The molecule has 0 spiro atoms. The topological polar surface area (TPSA) is 0 Å². The van der Waals surface area contributed by atoms with Crippen molar-refractivity contribution in [2.24, 2.45) is 17.8 Å². The molecular weight excluding hydrogens is 338 g/mol. The van der Waals surface area contributed by atoms with E-state index < -0.39 is 0 Å².